The molecule has 8 nitrogen and oxygen atoms in total. The smallest absolute Gasteiger partial charge is 0.330 e. The van der Waals surface area contributed by atoms with Crippen LogP contribution in [0.4, 0.5) is 0 Å². The predicted octanol–water partition coefficient (Wildman–Crippen LogP) is 1.93. The van der Waals surface area contributed by atoms with Gasteiger partial charge in [-0.15, -0.1) is 0 Å². The molecule has 30 heavy (non-hydrogen) atoms. The first-order valence-corrected chi connectivity index (χ1v) is 11.4. The number of aromatic amines is 1. The summed E-state index contributed by atoms with van der Waals surface area (Å²) in [6.07, 6.45) is 16.4. The molecule has 0 saturated heterocycles. The lowest BCUT2D eigenvalue weighted by atomic mass is 10.1. The van der Waals surface area contributed by atoms with E-state index in [2.05, 4.69) is 10.3 Å². The molecule has 0 fully saturated rings. The highest BCUT2D eigenvalue weighted by Crippen LogP contribution is 2.19. The first-order valence-electron chi connectivity index (χ1n) is 11.4. The lowest BCUT2D eigenvalue weighted by Crippen LogP contribution is -2.35. The quantitative estimate of drug-likeness (QED) is 0.238. The Hall–Kier alpha value is -1.74. The molecule has 1 aromatic rings. The standard InChI is InChI=1S/C22H38N4O4/c23-13-9-7-5-3-1-2-4-6-8-10-14-24-15-18-16-26(22(29)25-21(18)28)20-12-11-19(17-27)30-20/h11-12,16,19-20,24,27H,1-10,13-15,17,23H2,(H,25,28,29)/t19-,20+/m1/s1. The summed E-state index contributed by atoms with van der Waals surface area (Å²) in [6.45, 7) is 1.90. The van der Waals surface area contributed by atoms with Gasteiger partial charge in [0.2, 0.25) is 0 Å². The summed E-state index contributed by atoms with van der Waals surface area (Å²) < 4.78 is 6.90. The van der Waals surface area contributed by atoms with Crippen molar-refractivity contribution in [3.8, 4) is 0 Å². The zero-order valence-electron chi connectivity index (χ0n) is 18.0. The SMILES string of the molecule is NCCCCCCCCCCCCNCc1cn([C@@H]2C=C[C@H](CO)O2)c(=O)[nH]c1=O. The zero-order valence-corrected chi connectivity index (χ0v) is 18.0. The van der Waals surface area contributed by atoms with E-state index in [0.29, 0.717) is 12.1 Å². The van der Waals surface area contributed by atoms with Crippen molar-refractivity contribution in [2.45, 2.75) is 83.1 Å². The topological polar surface area (TPSA) is 122 Å². The molecule has 0 aromatic carbocycles. The highest BCUT2D eigenvalue weighted by Gasteiger charge is 2.21. The molecular formula is C22H38N4O4. The van der Waals surface area contributed by atoms with Crippen LogP contribution in [0.1, 0.15) is 76.0 Å². The number of aliphatic hydroxyl groups is 1. The van der Waals surface area contributed by atoms with E-state index in [1.165, 1.54) is 62.1 Å². The third kappa shape index (κ3) is 8.55. The molecule has 1 aliphatic rings. The van der Waals surface area contributed by atoms with E-state index in [1.807, 2.05) is 0 Å². The average Bonchev–Trinajstić information content (AvgIpc) is 3.21. The largest absolute Gasteiger partial charge is 0.393 e. The Balaban J connectivity index is 1.60. The molecule has 0 unspecified atom stereocenters. The van der Waals surface area contributed by atoms with Crippen molar-refractivity contribution in [2.75, 3.05) is 19.7 Å². The number of unbranched alkanes of at least 4 members (excludes halogenated alkanes) is 9. The second kappa shape index (κ2) is 14.3. The van der Waals surface area contributed by atoms with Gasteiger partial charge in [-0.3, -0.25) is 14.3 Å². The Kier molecular flexibility index (Phi) is 11.7. The number of ether oxygens (including phenoxy) is 1. The average molecular weight is 423 g/mol. The number of H-pyrrole nitrogens is 1. The van der Waals surface area contributed by atoms with E-state index in [4.69, 9.17) is 15.6 Å². The lowest BCUT2D eigenvalue weighted by molar-refractivity contribution is -0.0104. The number of nitrogens with one attached hydrogen (secondary N) is 2. The third-order valence-electron chi connectivity index (χ3n) is 5.42. The van der Waals surface area contributed by atoms with Gasteiger partial charge in [-0.2, -0.15) is 0 Å². The van der Waals surface area contributed by atoms with Crippen LogP contribution in [0.25, 0.3) is 0 Å². The molecule has 1 aromatic heterocycles. The summed E-state index contributed by atoms with van der Waals surface area (Å²) in [5.74, 6) is 0. The molecule has 2 heterocycles. The van der Waals surface area contributed by atoms with Crippen molar-refractivity contribution in [1.29, 1.82) is 0 Å². The molecule has 0 saturated carbocycles. The lowest BCUT2D eigenvalue weighted by Gasteiger charge is -2.15. The van der Waals surface area contributed by atoms with Gasteiger partial charge in [-0.25, -0.2) is 4.79 Å². The minimum absolute atomic E-state index is 0.145. The maximum atomic E-state index is 12.1. The Labute approximate surface area is 178 Å². The summed E-state index contributed by atoms with van der Waals surface area (Å²) in [5, 5.41) is 12.4. The van der Waals surface area contributed by atoms with Gasteiger partial charge >= 0.3 is 5.69 Å². The van der Waals surface area contributed by atoms with Crippen LogP contribution < -0.4 is 22.3 Å². The first-order chi connectivity index (χ1) is 14.7. The second-order valence-corrected chi connectivity index (χ2v) is 7.95. The fourth-order valence-corrected chi connectivity index (χ4v) is 3.62. The van der Waals surface area contributed by atoms with Gasteiger partial charge in [0.1, 0.15) is 6.10 Å². The number of aliphatic hydroxyl groups excluding tert-OH is 1. The summed E-state index contributed by atoms with van der Waals surface area (Å²) in [4.78, 5) is 26.5. The number of aromatic nitrogens is 2. The minimum Gasteiger partial charge on any atom is -0.393 e. The molecule has 0 aliphatic carbocycles. The van der Waals surface area contributed by atoms with Crippen molar-refractivity contribution in [3.05, 3.63) is 44.8 Å². The normalized spacial score (nSPS) is 18.3. The van der Waals surface area contributed by atoms with E-state index in [-0.39, 0.29) is 12.2 Å². The molecule has 170 valence electrons. The van der Waals surface area contributed by atoms with Gasteiger partial charge in [0.15, 0.2) is 6.23 Å². The molecule has 8 heteroatoms. The van der Waals surface area contributed by atoms with Crippen molar-refractivity contribution in [2.24, 2.45) is 5.73 Å². The van der Waals surface area contributed by atoms with E-state index < -0.39 is 18.0 Å². The Bertz CT molecular complexity index is 743. The minimum atomic E-state index is -0.606. The Morgan fingerprint density at radius 2 is 1.63 bits per heavy atom. The fourth-order valence-electron chi connectivity index (χ4n) is 3.62. The molecule has 0 radical (unpaired) electrons. The fraction of sp³-hybridized carbons (Fsp3) is 0.727. The van der Waals surface area contributed by atoms with E-state index in [0.717, 1.165) is 25.9 Å². The van der Waals surface area contributed by atoms with Crippen molar-refractivity contribution in [3.63, 3.8) is 0 Å². The summed E-state index contributed by atoms with van der Waals surface area (Å²) in [7, 11) is 0. The Morgan fingerprint density at radius 1 is 1.00 bits per heavy atom. The van der Waals surface area contributed by atoms with E-state index in [1.54, 1.807) is 12.2 Å². The second-order valence-electron chi connectivity index (χ2n) is 7.95. The van der Waals surface area contributed by atoms with Crippen LogP contribution in [-0.2, 0) is 11.3 Å². The van der Waals surface area contributed by atoms with Crippen LogP contribution in [0, 0.1) is 0 Å². The summed E-state index contributed by atoms with van der Waals surface area (Å²) in [5.41, 5.74) is 5.09. The predicted molar refractivity (Wildman–Crippen MR) is 118 cm³/mol. The van der Waals surface area contributed by atoms with Crippen LogP contribution in [-0.4, -0.2) is 40.5 Å². The molecular weight excluding hydrogens is 384 g/mol. The van der Waals surface area contributed by atoms with Crippen molar-refractivity contribution < 1.29 is 9.84 Å². The Morgan fingerprint density at radius 3 is 2.23 bits per heavy atom. The number of nitrogens with zero attached hydrogens (tertiary/aromatic N) is 1. The summed E-state index contributed by atoms with van der Waals surface area (Å²) in [6, 6.07) is 0. The van der Waals surface area contributed by atoms with Gasteiger partial charge < -0.3 is 20.9 Å². The van der Waals surface area contributed by atoms with Crippen molar-refractivity contribution >= 4 is 0 Å². The van der Waals surface area contributed by atoms with Crippen LogP contribution in [0.15, 0.2) is 27.9 Å². The number of hydrogen-bond acceptors (Lipinski definition) is 6. The molecule has 2 rings (SSSR count). The molecule has 2 atom stereocenters. The van der Waals surface area contributed by atoms with Crippen molar-refractivity contribution in [1.82, 2.24) is 14.9 Å². The molecule has 1 aliphatic heterocycles. The number of nitrogens with two attached hydrogens (primary N) is 1. The van der Waals surface area contributed by atoms with Crippen LogP contribution in [0.2, 0.25) is 0 Å². The maximum absolute atomic E-state index is 12.1. The van der Waals surface area contributed by atoms with E-state index >= 15 is 0 Å². The number of rotatable bonds is 16. The van der Waals surface area contributed by atoms with Gasteiger partial charge in [-0.1, -0.05) is 57.4 Å². The van der Waals surface area contributed by atoms with Gasteiger partial charge in [0.25, 0.3) is 5.56 Å². The zero-order chi connectivity index (χ0) is 21.6. The highest BCUT2D eigenvalue weighted by atomic mass is 16.5. The maximum Gasteiger partial charge on any atom is 0.330 e. The first kappa shape index (κ1) is 24.5. The van der Waals surface area contributed by atoms with Crippen LogP contribution >= 0.6 is 0 Å². The third-order valence-corrected chi connectivity index (χ3v) is 5.42. The van der Waals surface area contributed by atoms with Gasteiger partial charge in [0.05, 0.1) is 6.61 Å². The summed E-state index contributed by atoms with van der Waals surface area (Å²) >= 11 is 0. The monoisotopic (exact) mass is 422 g/mol. The molecule has 5 N–H and O–H groups in total. The van der Waals surface area contributed by atoms with Gasteiger partial charge in [-0.05, 0) is 32.0 Å². The van der Waals surface area contributed by atoms with Gasteiger partial charge in [0, 0.05) is 18.3 Å². The molecule has 0 spiro atoms. The molecule has 0 bridgehead atoms. The molecule has 0 amide bonds. The van der Waals surface area contributed by atoms with E-state index in [9.17, 15) is 9.59 Å². The van der Waals surface area contributed by atoms with Crippen LogP contribution in [0.5, 0.6) is 0 Å². The highest BCUT2D eigenvalue weighted by molar-refractivity contribution is 5.08. The number of hydrogen-bond donors (Lipinski definition) is 4. The van der Waals surface area contributed by atoms with Crippen LogP contribution in [0.3, 0.4) is 0 Å².